The molecule has 0 saturated heterocycles. The fourth-order valence-electron chi connectivity index (χ4n) is 7.04. The standard InChI is InChI=1S/C37H25N3O/c1-37(2)29-10-7-20-38-33(29)34-32(37)24(19-21-39-34)22-13-15-23(16-14-22)40-30-11-5-3-8-25(30)27-17-18-28-26-9-4-6-12-31(26)41-36(28)35(27)40/h3-21H,1-2H3. The fourth-order valence-corrected chi connectivity index (χ4v) is 7.04. The van der Waals surface area contributed by atoms with E-state index in [0.717, 1.165) is 50.0 Å². The van der Waals surface area contributed by atoms with Crippen LogP contribution in [0.15, 0.2) is 120 Å². The summed E-state index contributed by atoms with van der Waals surface area (Å²) < 4.78 is 8.87. The average Bonchev–Trinajstić information content (AvgIpc) is 3.64. The van der Waals surface area contributed by atoms with E-state index in [4.69, 9.17) is 14.4 Å². The number of aromatic nitrogens is 3. The molecule has 0 atom stereocenters. The Morgan fingerprint density at radius 1 is 0.634 bits per heavy atom. The lowest BCUT2D eigenvalue weighted by molar-refractivity contribution is 0.659. The van der Waals surface area contributed by atoms with E-state index in [1.54, 1.807) is 0 Å². The second kappa shape index (κ2) is 7.92. The third-order valence-corrected chi connectivity index (χ3v) is 8.90. The van der Waals surface area contributed by atoms with Gasteiger partial charge in [-0.2, -0.15) is 0 Å². The summed E-state index contributed by atoms with van der Waals surface area (Å²) in [6.07, 6.45) is 3.77. The fraction of sp³-hybridized carbons (Fsp3) is 0.0811. The zero-order valence-electron chi connectivity index (χ0n) is 22.7. The Kier molecular flexibility index (Phi) is 4.36. The van der Waals surface area contributed by atoms with E-state index in [0.29, 0.717) is 0 Å². The molecule has 4 heterocycles. The predicted molar refractivity (Wildman–Crippen MR) is 167 cm³/mol. The lowest BCUT2D eigenvalue weighted by atomic mass is 9.79. The number of pyridine rings is 2. The number of rotatable bonds is 2. The number of para-hydroxylation sites is 2. The first-order chi connectivity index (χ1) is 20.1. The summed E-state index contributed by atoms with van der Waals surface area (Å²) in [5.41, 5.74) is 11.8. The van der Waals surface area contributed by atoms with Crippen LogP contribution in [0, 0.1) is 0 Å². The maximum absolute atomic E-state index is 6.52. The molecule has 0 unspecified atom stereocenters. The maximum atomic E-state index is 6.52. The van der Waals surface area contributed by atoms with Crippen LogP contribution in [0.2, 0.25) is 0 Å². The zero-order chi connectivity index (χ0) is 27.3. The highest BCUT2D eigenvalue weighted by Crippen LogP contribution is 2.50. The Hall–Kier alpha value is -5.22. The van der Waals surface area contributed by atoms with Crippen molar-refractivity contribution in [1.82, 2.24) is 14.5 Å². The molecule has 0 aliphatic heterocycles. The second-order valence-corrected chi connectivity index (χ2v) is 11.4. The predicted octanol–water partition coefficient (Wildman–Crippen LogP) is 9.45. The second-order valence-electron chi connectivity index (χ2n) is 11.4. The lowest BCUT2D eigenvalue weighted by Crippen LogP contribution is -2.16. The van der Waals surface area contributed by atoms with E-state index in [1.165, 1.54) is 33.0 Å². The van der Waals surface area contributed by atoms with Gasteiger partial charge in [-0.1, -0.05) is 74.5 Å². The van der Waals surface area contributed by atoms with Gasteiger partial charge in [-0.25, -0.2) is 0 Å². The molecule has 1 aliphatic carbocycles. The van der Waals surface area contributed by atoms with E-state index in [2.05, 4.69) is 103 Å². The Morgan fingerprint density at radius 2 is 1.39 bits per heavy atom. The van der Waals surface area contributed by atoms with Gasteiger partial charge in [-0.15, -0.1) is 0 Å². The molecule has 0 spiro atoms. The first kappa shape index (κ1) is 22.6. The first-order valence-electron chi connectivity index (χ1n) is 14.0. The molecule has 0 amide bonds. The summed E-state index contributed by atoms with van der Waals surface area (Å²) in [5.74, 6) is 0. The van der Waals surface area contributed by atoms with Crippen LogP contribution in [0.5, 0.6) is 0 Å². The Labute approximate surface area is 236 Å². The molecular formula is C37H25N3O. The minimum absolute atomic E-state index is 0.180. The molecule has 8 aromatic rings. The van der Waals surface area contributed by atoms with Crippen LogP contribution in [0.3, 0.4) is 0 Å². The van der Waals surface area contributed by atoms with Gasteiger partial charge >= 0.3 is 0 Å². The summed E-state index contributed by atoms with van der Waals surface area (Å²) in [6.45, 7) is 4.55. The largest absolute Gasteiger partial charge is 0.454 e. The molecule has 4 heteroatoms. The Bertz CT molecular complexity index is 2340. The van der Waals surface area contributed by atoms with Crippen LogP contribution < -0.4 is 0 Å². The minimum Gasteiger partial charge on any atom is -0.454 e. The van der Waals surface area contributed by atoms with Crippen LogP contribution in [0.1, 0.15) is 25.0 Å². The third-order valence-electron chi connectivity index (χ3n) is 8.90. The smallest absolute Gasteiger partial charge is 0.160 e. The molecule has 0 N–H and O–H groups in total. The molecule has 0 bridgehead atoms. The molecule has 0 saturated carbocycles. The summed E-state index contributed by atoms with van der Waals surface area (Å²) in [7, 11) is 0. The van der Waals surface area contributed by atoms with Crippen molar-refractivity contribution in [1.29, 1.82) is 0 Å². The van der Waals surface area contributed by atoms with Gasteiger partial charge < -0.3 is 8.98 Å². The van der Waals surface area contributed by atoms with Crippen molar-refractivity contribution in [3.8, 4) is 28.2 Å². The number of hydrogen-bond acceptors (Lipinski definition) is 3. The maximum Gasteiger partial charge on any atom is 0.160 e. The average molecular weight is 528 g/mol. The summed E-state index contributed by atoms with van der Waals surface area (Å²) in [6, 6.07) is 36.6. The molecular weight excluding hydrogens is 502 g/mol. The minimum atomic E-state index is -0.180. The Balaban J connectivity index is 1.27. The Morgan fingerprint density at radius 3 is 2.27 bits per heavy atom. The molecule has 0 radical (unpaired) electrons. The van der Waals surface area contributed by atoms with Gasteiger partial charge in [0.2, 0.25) is 0 Å². The van der Waals surface area contributed by atoms with E-state index in [-0.39, 0.29) is 5.41 Å². The van der Waals surface area contributed by atoms with Crippen LogP contribution in [0.4, 0.5) is 0 Å². The summed E-state index contributed by atoms with van der Waals surface area (Å²) in [5, 5.41) is 4.68. The van der Waals surface area contributed by atoms with E-state index in [1.807, 2.05) is 30.6 Å². The van der Waals surface area contributed by atoms with Gasteiger partial charge in [-0.3, -0.25) is 9.97 Å². The van der Waals surface area contributed by atoms with Gasteiger partial charge in [0.05, 0.1) is 22.4 Å². The van der Waals surface area contributed by atoms with Crippen LogP contribution in [0.25, 0.3) is 71.9 Å². The molecule has 41 heavy (non-hydrogen) atoms. The van der Waals surface area contributed by atoms with Gasteiger partial charge in [0.1, 0.15) is 5.58 Å². The normalized spacial score (nSPS) is 13.8. The van der Waals surface area contributed by atoms with Crippen molar-refractivity contribution in [3.05, 3.63) is 127 Å². The highest BCUT2D eigenvalue weighted by Gasteiger charge is 2.39. The van der Waals surface area contributed by atoms with Crippen molar-refractivity contribution in [2.75, 3.05) is 0 Å². The molecule has 0 fully saturated rings. The van der Waals surface area contributed by atoms with Gasteiger partial charge in [0, 0.05) is 45.0 Å². The molecule has 194 valence electrons. The number of hydrogen-bond donors (Lipinski definition) is 0. The quantitative estimate of drug-likeness (QED) is 0.225. The monoisotopic (exact) mass is 527 g/mol. The van der Waals surface area contributed by atoms with E-state index >= 15 is 0 Å². The highest BCUT2D eigenvalue weighted by molar-refractivity contribution is 6.21. The van der Waals surface area contributed by atoms with E-state index in [9.17, 15) is 0 Å². The van der Waals surface area contributed by atoms with Gasteiger partial charge in [0.15, 0.2) is 5.58 Å². The van der Waals surface area contributed by atoms with Crippen LogP contribution >= 0.6 is 0 Å². The highest BCUT2D eigenvalue weighted by atomic mass is 16.3. The SMILES string of the molecule is CC1(C)c2cccnc2-c2nccc(-c3ccc(-n4c5ccccc5c5ccc6c7ccccc7oc6c54)cc3)c21. The molecule has 4 aromatic heterocycles. The van der Waals surface area contributed by atoms with Crippen molar-refractivity contribution in [2.24, 2.45) is 0 Å². The van der Waals surface area contributed by atoms with Crippen molar-refractivity contribution in [2.45, 2.75) is 19.3 Å². The topological polar surface area (TPSA) is 43.9 Å². The number of fused-ring (bicyclic) bond motifs is 10. The number of nitrogens with zero attached hydrogens (tertiary/aromatic N) is 3. The van der Waals surface area contributed by atoms with Crippen LogP contribution in [-0.2, 0) is 5.41 Å². The zero-order valence-corrected chi connectivity index (χ0v) is 22.7. The molecule has 4 aromatic carbocycles. The summed E-state index contributed by atoms with van der Waals surface area (Å²) >= 11 is 0. The van der Waals surface area contributed by atoms with Crippen LogP contribution in [-0.4, -0.2) is 14.5 Å². The summed E-state index contributed by atoms with van der Waals surface area (Å²) in [4.78, 5) is 9.48. The molecule has 9 rings (SSSR count). The van der Waals surface area contributed by atoms with Gasteiger partial charge in [-0.05, 0) is 64.7 Å². The first-order valence-corrected chi connectivity index (χ1v) is 14.0. The lowest BCUT2D eigenvalue weighted by Gasteiger charge is -2.23. The number of furan rings is 1. The van der Waals surface area contributed by atoms with Crippen molar-refractivity contribution < 1.29 is 4.42 Å². The molecule has 1 aliphatic rings. The van der Waals surface area contributed by atoms with Crippen molar-refractivity contribution in [3.63, 3.8) is 0 Å². The molecule has 4 nitrogen and oxygen atoms in total. The van der Waals surface area contributed by atoms with Gasteiger partial charge in [0.25, 0.3) is 0 Å². The third kappa shape index (κ3) is 2.94. The van der Waals surface area contributed by atoms with Crippen molar-refractivity contribution >= 4 is 43.7 Å². The van der Waals surface area contributed by atoms with E-state index < -0.39 is 0 Å². The number of benzene rings is 4.